The van der Waals surface area contributed by atoms with Crippen molar-refractivity contribution in [2.75, 3.05) is 25.5 Å². The average Bonchev–Trinajstić information content (AvgIpc) is 3.17. The first-order valence-electron chi connectivity index (χ1n) is 8.36. The second-order valence-corrected chi connectivity index (χ2v) is 7.82. The molecule has 0 bridgehead atoms. The summed E-state index contributed by atoms with van der Waals surface area (Å²) >= 11 is 1.54. The Bertz CT molecular complexity index is 738. The van der Waals surface area contributed by atoms with Gasteiger partial charge >= 0.3 is 0 Å². The summed E-state index contributed by atoms with van der Waals surface area (Å²) in [6.07, 6.45) is 2.34. The summed E-state index contributed by atoms with van der Waals surface area (Å²) in [6.45, 7) is 4.24. The van der Waals surface area contributed by atoms with Crippen LogP contribution >= 0.6 is 11.3 Å². The van der Waals surface area contributed by atoms with Gasteiger partial charge in [-0.05, 0) is 61.7 Å². The van der Waals surface area contributed by atoms with E-state index in [0.717, 1.165) is 19.5 Å². The van der Waals surface area contributed by atoms with Gasteiger partial charge in [0, 0.05) is 37.2 Å². The summed E-state index contributed by atoms with van der Waals surface area (Å²) in [4.78, 5) is 17.9. The van der Waals surface area contributed by atoms with E-state index in [2.05, 4.69) is 55.1 Å². The third-order valence-electron chi connectivity index (χ3n) is 4.78. The summed E-state index contributed by atoms with van der Waals surface area (Å²) in [5.74, 6) is -0.328. The van der Waals surface area contributed by atoms with Gasteiger partial charge in [0.2, 0.25) is 0 Å². The van der Waals surface area contributed by atoms with Crippen LogP contribution in [-0.2, 0) is 6.54 Å². The van der Waals surface area contributed by atoms with Gasteiger partial charge in [0.1, 0.15) is 0 Å². The summed E-state index contributed by atoms with van der Waals surface area (Å²) < 4.78 is 0. The van der Waals surface area contributed by atoms with Crippen LogP contribution in [0.2, 0.25) is 0 Å². The van der Waals surface area contributed by atoms with Crippen molar-refractivity contribution in [3.63, 3.8) is 0 Å². The molecule has 5 heteroatoms. The van der Waals surface area contributed by atoms with E-state index in [1.165, 1.54) is 28.1 Å². The number of likely N-dealkylation sites (tertiary alicyclic amines) is 1. The summed E-state index contributed by atoms with van der Waals surface area (Å²) in [5, 5.41) is 0. The largest absolute Gasteiger partial charge is 0.378 e. The van der Waals surface area contributed by atoms with Crippen LogP contribution < -0.4 is 10.6 Å². The Hall–Kier alpha value is -1.85. The first-order chi connectivity index (χ1) is 11.5. The molecule has 2 N–H and O–H groups in total. The SMILES string of the molecule is Cc1cc(N(C)C)ccc1CN1CCCC1c1ccc(C(N)=O)s1. The number of benzene rings is 1. The molecule has 24 heavy (non-hydrogen) atoms. The zero-order valence-electron chi connectivity index (χ0n) is 14.6. The first kappa shape index (κ1) is 17.0. The molecule has 1 saturated heterocycles. The van der Waals surface area contributed by atoms with E-state index in [4.69, 9.17) is 5.73 Å². The van der Waals surface area contributed by atoms with Crippen LogP contribution in [0.15, 0.2) is 30.3 Å². The number of aryl methyl sites for hydroxylation is 1. The van der Waals surface area contributed by atoms with Gasteiger partial charge in [-0.2, -0.15) is 0 Å². The Morgan fingerprint density at radius 2 is 2.12 bits per heavy atom. The molecule has 0 spiro atoms. The predicted octanol–water partition coefficient (Wildman–Crippen LogP) is 3.56. The average molecular weight is 343 g/mol. The molecule has 1 atom stereocenters. The van der Waals surface area contributed by atoms with Crippen LogP contribution in [0.5, 0.6) is 0 Å². The Labute approximate surface area is 147 Å². The van der Waals surface area contributed by atoms with Gasteiger partial charge in [-0.1, -0.05) is 6.07 Å². The third-order valence-corrected chi connectivity index (χ3v) is 5.98. The normalized spacial score (nSPS) is 18.0. The highest BCUT2D eigenvalue weighted by Crippen LogP contribution is 2.37. The maximum atomic E-state index is 11.3. The van der Waals surface area contributed by atoms with Gasteiger partial charge < -0.3 is 10.6 Å². The number of primary amides is 1. The highest BCUT2D eigenvalue weighted by molar-refractivity contribution is 7.14. The molecule has 2 heterocycles. The molecule has 2 aromatic rings. The Balaban J connectivity index is 1.77. The standard InChI is InChI=1S/C19H25N3OS/c1-13-11-15(21(2)3)7-6-14(13)12-22-10-4-5-16(22)17-8-9-18(24-17)19(20)23/h6-9,11,16H,4-5,10,12H2,1-3H3,(H2,20,23). The fourth-order valence-electron chi connectivity index (χ4n) is 3.36. The lowest BCUT2D eigenvalue weighted by Gasteiger charge is -2.25. The van der Waals surface area contributed by atoms with Crippen molar-refractivity contribution < 1.29 is 4.79 Å². The summed E-state index contributed by atoms with van der Waals surface area (Å²) in [5.41, 5.74) is 9.33. The molecule has 0 aliphatic carbocycles. The van der Waals surface area contributed by atoms with Crippen molar-refractivity contribution in [2.24, 2.45) is 5.73 Å². The number of thiophene rings is 1. The quantitative estimate of drug-likeness (QED) is 0.903. The Morgan fingerprint density at radius 3 is 2.75 bits per heavy atom. The third kappa shape index (κ3) is 3.47. The molecule has 1 aliphatic heterocycles. The van der Waals surface area contributed by atoms with Crippen LogP contribution in [0.3, 0.4) is 0 Å². The van der Waals surface area contributed by atoms with Crippen molar-refractivity contribution in [3.8, 4) is 0 Å². The van der Waals surface area contributed by atoms with Crippen LogP contribution in [-0.4, -0.2) is 31.4 Å². The molecule has 1 aromatic heterocycles. The van der Waals surface area contributed by atoms with E-state index in [1.807, 2.05) is 6.07 Å². The Morgan fingerprint density at radius 1 is 1.33 bits per heavy atom. The van der Waals surface area contributed by atoms with E-state index in [9.17, 15) is 4.79 Å². The molecule has 3 rings (SSSR count). The van der Waals surface area contributed by atoms with Gasteiger partial charge in [0.25, 0.3) is 5.91 Å². The molecule has 4 nitrogen and oxygen atoms in total. The smallest absolute Gasteiger partial charge is 0.258 e. The number of hydrogen-bond donors (Lipinski definition) is 1. The Kier molecular flexibility index (Phi) is 4.92. The van der Waals surface area contributed by atoms with Gasteiger partial charge in [-0.25, -0.2) is 0 Å². The van der Waals surface area contributed by atoms with Crippen molar-refractivity contribution >= 4 is 22.9 Å². The van der Waals surface area contributed by atoms with Crippen molar-refractivity contribution in [3.05, 3.63) is 51.2 Å². The highest BCUT2D eigenvalue weighted by atomic mass is 32.1. The monoisotopic (exact) mass is 343 g/mol. The zero-order chi connectivity index (χ0) is 17.3. The van der Waals surface area contributed by atoms with Crippen LogP contribution in [0.25, 0.3) is 0 Å². The summed E-state index contributed by atoms with van der Waals surface area (Å²) in [7, 11) is 4.14. The van der Waals surface area contributed by atoms with E-state index >= 15 is 0 Å². The molecule has 0 radical (unpaired) electrons. The number of carbonyl (C=O) groups is 1. The number of nitrogens with two attached hydrogens (primary N) is 1. The molecular formula is C19H25N3OS. The maximum absolute atomic E-state index is 11.3. The molecule has 1 aromatic carbocycles. The number of anilines is 1. The topological polar surface area (TPSA) is 49.6 Å². The maximum Gasteiger partial charge on any atom is 0.258 e. The molecular weight excluding hydrogens is 318 g/mol. The minimum atomic E-state index is -0.328. The minimum absolute atomic E-state index is 0.328. The van der Waals surface area contributed by atoms with Gasteiger partial charge in [0.05, 0.1) is 4.88 Å². The fraction of sp³-hybridized carbons (Fsp3) is 0.421. The lowest BCUT2D eigenvalue weighted by atomic mass is 10.1. The molecule has 0 saturated carbocycles. The number of rotatable bonds is 5. The second-order valence-electron chi connectivity index (χ2n) is 6.70. The predicted molar refractivity (Wildman–Crippen MR) is 101 cm³/mol. The van der Waals surface area contributed by atoms with Crippen LogP contribution in [0.1, 0.15) is 44.6 Å². The van der Waals surface area contributed by atoms with Crippen molar-refractivity contribution in [1.29, 1.82) is 0 Å². The van der Waals surface area contributed by atoms with E-state index in [-0.39, 0.29) is 5.91 Å². The van der Waals surface area contributed by atoms with E-state index < -0.39 is 0 Å². The van der Waals surface area contributed by atoms with Crippen LogP contribution in [0.4, 0.5) is 5.69 Å². The molecule has 1 aliphatic rings. The molecule has 1 unspecified atom stereocenters. The molecule has 1 fully saturated rings. The number of amides is 1. The number of hydrogen-bond acceptors (Lipinski definition) is 4. The zero-order valence-corrected chi connectivity index (χ0v) is 15.4. The minimum Gasteiger partial charge on any atom is -0.378 e. The second kappa shape index (κ2) is 6.95. The van der Waals surface area contributed by atoms with Gasteiger partial charge in [-0.15, -0.1) is 11.3 Å². The first-order valence-corrected chi connectivity index (χ1v) is 9.18. The van der Waals surface area contributed by atoms with E-state index in [0.29, 0.717) is 10.9 Å². The van der Waals surface area contributed by atoms with Crippen molar-refractivity contribution in [1.82, 2.24) is 4.90 Å². The fourth-order valence-corrected chi connectivity index (χ4v) is 4.39. The number of nitrogens with zero attached hydrogens (tertiary/aromatic N) is 2. The van der Waals surface area contributed by atoms with E-state index in [1.54, 1.807) is 11.3 Å². The molecule has 128 valence electrons. The van der Waals surface area contributed by atoms with Crippen molar-refractivity contribution in [2.45, 2.75) is 32.4 Å². The molecule has 1 amide bonds. The lowest BCUT2D eigenvalue weighted by Crippen LogP contribution is -2.22. The number of carbonyl (C=O) groups excluding carboxylic acids is 1. The highest BCUT2D eigenvalue weighted by Gasteiger charge is 2.28. The summed E-state index contributed by atoms with van der Waals surface area (Å²) in [6, 6.07) is 11.0. The lowest BCUT2D eigenvalue weighted by molar-refractivity contribution is 0.100. The van der Waals surface area contributed by atoms with Crippen LogP contribution in [0, 0.1) is 6.92 Å². The van der Waals surface area contributed by atoms with Gasteiger partial charge in [-0.3, -0.25) is 9.69 Å². The van der Waals surface area contributed by atoms with Gasteiger partial charge in [0.15, 0.2) is 0 Å².